The van der Waals surface area contributed by atoms with Gasteiger partial charge in [-0.3, -0.25) is 4.90 Å². The van der Waals surface area contributed by atoms with Crippen molar-refractivity contribution in [3.05, 3.63) is 0 Å². The molecule has 6 N–H and O–H groups in total. The Morgan fingerprint density at radius 3 is 1.50 bits per heavy atom. The lowest BCUT2D eigenvalue weighted by Crippen LogP contribution is -2.32. The molecule has 0 aliphatic rings. The highest BCUT2D eigenvalue weighted by Gasteiger charge is 2.00. The molecule has 6 nitrogen and oxygen atoms in total. The van der Waals surface area contributed by atoms with Gasteiger partial charge < -0.3 is 26.2 Å². The molecule has 0 aliphatic carbocycles. The van der Waals surface area contributed by atoms with E-state index in [0.29, 0.717) is 26.2 Å². The largest absolute Gasteiger partial charge is 0.395 e. The number of nitrogens with two attached hydrogens (primary N) is 1. The van der Waals surface area contributed by atoms with E-state index in [1.807, 2.05) is 6.92 Å². The highest BCUT2D eigenvalue weighted by Crippen LogP contribution is 1.84. The summed E-state index contributed by atoms with van der Waals surface area (Å²) in [5.41, 5.74) is 5.03. The Bertz CT molecular complexity index is 109. The molecule has 0 radical (unpaired) electrons. The van der Waals surface area contributed by atoms with Gasteiger partial charge in [0.2, 0.25) is 0 Å². The third kappa shape index (κ3) is 13.8. The van der Waals surface area contributed by atoms with Gasteiger partial charge in [0, 0.05) is 26.2 Å². The predicted octanol–water partition coefficient (Wildman–Crippen LogP) is -2.02. The average molecular weight is 238 g/mol. The van der Waals surface area contributed by atoms with Gasteiger partial charge in [-0.05, 0) is 6.42 Å². The minimum Gasteiger partial charge on any atom is -0.395 e. The normalized spacial score (nSPS) is 12.2. The van der Waals surface area contributed by atoms with Gasteiger partial charge in [-0.15, -0.1) is 0 Å². The second-order valence-corrected chi connectivity index (χ2v) is 3.31. The lowest BCUT2D eigenvalue weighted by molar-refractivity contribution is 0.136. The van der Waals surface area contributed by atoms with Crippen molar-refractivity contribution in [2.75, 3.05) is 46.0 Å². The highest BCUT2D eigenvalue weighted by molar-refractivity contribution is 4.54. The summed E-state index contributed by atoms with van der Waals surface area (Å²) in [5, 5.41) is 34.0. The molecule has 0 aromatic carbocycles. The molecule has 0 heterocycles. The van der Waals surface area contributed by atoms with E-state index in [1.165, 1.54) is 0 Å². The van der Waals surface area contributed by atoms with Crippen LogP contribution in [0.1, 0.15) is 13.3 Å². The Balaban J connectivity index is 0. The number of nitrogens with zero attached hydrogens (tertiary/aromatic N) is 1. The zero-order valence-corrected chi connectivity index (χ0v) is 10.0. The molecule has 6 heteroatoms. The first-order valence-electron chi connectivity index (χ1n) is 5.59. The van der Waals surface area contributed by atoms with Gasteiger partial charge in [-0.2, -0.15) is 0 Å². The van der Waals surface area contributed by atoms with E-state index in [2.05, 4.69) is 0 Å². The molecule has 0 saturated carbocycles. The molecule has 0 fully saturated rings. The van der Waals surface area contributed by atoms with Crippen LogP contribution in [0, 0.1) is 0 Å². The average Bonchev–Trinajstić information content (AvgIpc) is 2.30. The molecular formula is C10H26N2O4. The van der Waals surface area contributed by atoms with Crippen molar-refractivity contribution >= 4 is 0 Å². The van der Waals surface area contributed by atoms with Crippen molar-refractivity contribution < 1.29 is 20.4 Å². The number of hydrogen-bond donors (Lipinski definition) is 5. The Hall–Kier alpha value is -0.240. The molecule has 0 aliphatic heterocycles. The molecule has 1 atom stereocenters. The van der Waals surface area contributed by atoms with Crippen molar-refractivity contribution in [3.8, 4) is 0 Å². The predicted molar refractivity (Wildman–Crippen MR) is 63.0 cm³/mol. The van der Waals surface area contributed by atoms with Crippen LogP contribution in [0.25, 0.3) is 0 Å². The summed E-state index contributed by atoms with van der Waals surface area (Å²) >= 11 is 0. The molecule has 0 aromatic rings. The SMILES string of the molecule is CCC(O)CN.OCCN(CCO)CCO. The minimum atomic E-state index is -0.287. The van der Waals surface area contributed by atoms with Crippen molar-refractivity contribution in [2.24, 2.45) is 5.73 Å². The van der Waals surface area contributed by atoms with Gasteiger partial charge in [0.15, 0.2) is 0 Å². The minimum absolute atomic E-state index is 0.0694. The van der Waals surface area contributed by atoms with E-state index < -0.39 is 0 Å². The third-order valence-electron chi connectivity index (χ3n) is 1.99. The first-order chi connectivity index (χ1) is 7.65. The third-order valence-corrected chi connectivity index (χ3v) is 1.99. The van der Waals surface area contributed by atoms with Crippen molar-refractivity contribution in [1.82, 2.24) is 4.90 Å². The highest BCUT2D eigenvalue weighted by atomic mass is 16.3. The summed E-state index contributed by atoms with van der Waals surface area (Å²) < 4.78 is 0. The lowest BCUT2D eigenvalue weighted by atomic mass is 10.3. The second kappa shape index (κ2) is 14.8. The number of aliphatic hydroxyl groups excluding tert-OH is 4. The fourth-order valence-electron chi connectivity index (χ4n) is 0.926. The molecule has 0 bridgehead atoms. The van der Waals surface area contributed by atoms with E-state index in [1.54, 1.807) is 4.90 Å². The number of aliphatic hydroxyl groups is 4. The molecule has 0 amide bonds. The van der Waals surface area contributed by atoms with Crippen LogP contribution in [0.4, 0.5) is 0 Å². The second-order valence-electron chi connectivity index (χ2n) is 3.31. The van der Waals surface area contributed by atoms with Crippen LogP contribution in [-0.4, -0.2) is 77.4 Å². The maximum Gasteiger partial charge on any atom is 0.0659 e. The summed E-state index contributed by atoms with van der Waals surface area (Å²) in [7, 11) is 0. The number of rotatable bonds is 8. The van der Waals surface area contributed by atoms with E-state index in [4.69, 9.17) is 26.2 Å². The Kier molecular flexibility index (Phi) is 16.7. The molecule has 100 valence electrons. The summed E-state index contributed by atoms with van der Waals surface area (Å²) in [4.78, 5) is 1.79. The lowest BCUT2D eigenvalue weighted by Gasteiger charge is -2.17. The van der Waals surface area contributed by atoms with Gasteiger partial charge >= 0.3 is 0 Å². The number of hydrogen-bond acceptors (Lipinski definition) is 6. The van der Waals surface area contributed by atoms with Crippen LogP contribution in [0.2, 0.25) is 0 Å². The van der Waals surface area contributed by atoms with Gasteiger partial charge in [0.25, 0.3) is 0 Å². The summed E-state index contributed by atoms with van der Waals surface area (Å²) in [6.07, 6.45) is 0.473. The first-order valence-corrected chi connectivity index (χ1v) is 5.59. The standard InChI is InChI=1S/C6H15NO3.C4H11NO/c8-4-1-7(2-5-9)3-6-10;1-2-4(6)3-5/h8-10H,1-6H2;4,6H,2-3,5H2,1H3. The van der Waals surface area contributed by atoms with E-state index in [-0.39, 0.29) is 25.9 Å². The quantitative estimate of drug-likeness (QED) is 0.334. The summed E-state index contributed by atoms with van der Waals surface area (Å²) in [6.45, 7) is 4.04. The van der Waals surface area contributed by atoms with Gasteiger partial charge in [0.05, 0.1) is 25.9 Å². The van der Waals surface area contributed by atoms with Crippen LogP contribution in [-0.2, 0) is 0 Å². The summed E-state index contributed by atoms with van der Waals surface area (Å²) in [6, 6.07) is 0. The van der Waals surface area contributed by atoms with Crippen LogP contribution < -0.4 is 5.73 Å². The fraction of sp³-hybridized carbons (Fsp3) is 1.00. The first kappa shape index (κ1) is 18.1. The van der Waals surface area contributed by atoms with Crippen molar-refractivity contribution in [3.63, 3.8) is 0 Å². The molecule has 0 spiro atoms. The van der Waals surface area contributed by atoms with Crippen LogP contribution in [0.3, 0.4) is 0 Å². The summed E-state index contributed by atoms with van der Waals surface area (Å²) in [5.74, 6) is 0. The van der Waals surface area contributed by atoms with Crippen LogP contribution in [0.15, 0.2) is 0 Å². The molecule has 1 unspecified atom stereocenters. The van der Waals surface area contributed by atoms with Crippen LogP contribution >= 0.6 is 0 Å². The van der Waals surface area contributed by atoms with E-state index >= 15 is 0 Å². The maximum absolute atomic E-state index is 8.54. The molecule has 0 aromatic heterocycles. The van der Waals surface area contributed by atoms with Crippen molar-refractivity contribution in [2.45, 2.75) is 19.4 Å². The van der Waals surface area contributed by atoms with Crippen molar-refractivity contribution in [1.29, 1.82) is 0 Å². The van der Waals surface area contributed by atoms with Crippen LogP contribution in [0.5, 0.6) is 0 Å². The topological polar surface area (TPSA) is 110 Å². The fourth-order valence-corrected chi connectivity index (χ4v) is 0.926. The van der Waals surface area contributed by atoms with E-state index in [9.17, 15) is 0 Å². The molecule has 16 heavy (non-hydrogen) atoms. The smallest absolute Gasteiger partial charge is 0.0659 e. The van der Waals surface area contributed by atoms with Gasteiger partial charge in [-0.25, -0.2) is 0 Å². The molecule has 0 rings (SSSR count). The Labute approximate surface area is 97.3 Å². The Morgan fingerprint density at radius 1 is 1.00 bits per heavy atom. The zero-order chi connectivity index (χ0) is 12.8. The Morgan fingerprint density at radius 2 is 1.38 bits per heavy atom. The molecule has 0 saturated heterocycles. The van der Waals surface area contributed by atoms with Gasteiger partial charge in [0.1, 0.15) is 0 Å². The zero-order valence-electron chi connectivity index (χ0n) is 10.0. The molecular weight excluding hydrogens is 212 g/mol. The van der Waals surface area contributed by atoms with E-state index in [0.717, 1.165) is 6.42 Å². The monoisotopic (exact) mass is 238 g/mol. The van der Waals surface area contributed by atoms with Gasteiger partial charge in [-0.1, -0.05) is 6.92 Å². The maximum atomic E-state index is 8.54.